The number of carbonyl (C=O) groups is 1. The standard InChI is InChI=1S/C12H7ClFNO3/c13-10-9(12(16)17)4-5-15-11(10)18-8-3-1-2-7(14)6-8/h1-6H,(H,16,17). The number of rotatable bonds is 3. The smallest absolute Gasteiger partial charge is 0.337 e. The number of hydrogen-bond donors (Lipinski definition) is 1. The van der Waals surface area contributed by atoms with E-state index in [9.17, 15) is 9.18 Å². The number of halogens is 2. The molecule has 18 heavy (non-hydrogen) atoms. The number of aromatic carboxylic acids is 1. The lowest BCUT2D eigenvalue weighted by Crippen LogP contribution is -2.00. The van der Waals surface area contributed by atoms with E-state index in [1.165, 1.54) is 30.5 Å². The molecule has 0 atom stereocenters. The first-order chi connectivity index (χ1) is 8.58. The van der Waals surface area contributed by atoms with Crippen LogP contribution in [0.4, 0.5) is 4.39 Å². The zero-order valence-corrected chi connectivity index (χ0v) is 9.69. The van der Waals surface area contributed by atoms with Crippen LogP contribution in [0, 0.1) is 5.82 Å². The Morgan fingerprint density at radius 3 is 2.83 bits per heavy atom. The summed E-state index contributed by atoms with van der Waals surface area (Å²) in [6.07, 6.45) is 1.25. The van der Waals surface area contributed by atoms with Crippen LogP contribution in [0.1, 0.15) is 10.4 Å². The number of benzene rings is 1. The molecule has 1 aromatic heterocycles. The second-order valence-corrected chi connectivity index (χ2v) is 3.72. The van der Waals surface area contributed by atoms with Crippen molar-refractivity contribution in [1.82, 2.24) is 4.98 Å². The highest BCUT2D eigenvalue weighted by molar-refractivity contribution is 6.34. The zero-order chi connectivity index (χ0) is 13.1. The van der Waals surface area contributed by atoms with Crippen molar-refractivity contribution in [3.05, 3.63) is 52.9 Å². The van der Waals surface area contributed by atoms with Crippen molar-refractivity contribution in [3.63, 3.8) is 0 Å². The molecule has 0 saturated carbocycles. The Labute approximate surface area is 107 Å². The Morgan fingerprint density at radius 2 is 2.17 bits per heavy atom. The van der Waals surface area contributed by atoms with Gasteiger partial charge in [-0.2, -0.15) is 0 Å². The van der Waals surface area contributed by atoms with Gasteiger partial charge in [0, 0.05) is 12.3 Å². The predicted molar refractivity (Wildman–Crippen MR) is 62.7 cm³/mol. The van der Waals surface area contributed by atoms with Crippen LogP contribution in [-0.4, -0.2) is 16.1 Å². The maximum Gasteiger partial charge on any atom is 0.337 e. The number of nitrogens with zero attached hydrogens (tertiary/aromatic N) is 1. The highest BCUT2D eigenvalue weighted by atomic mass is 35.5. The Morgan fingerprint density at radius 1 is 1.39 bits per heavy atom. The monoisotopic (exact) mass is 267 g/mol. The largest absolute Gasteiger partial charge is 0.478 e. The summed E-state index contributed by atoms with van der Waals surface area (Å²) in [6.45, 7) is 0. The Hall–Kier alpha value is -2.14. The molecule has 0 radical (unpaired) electrons. The van der Waals surface area contributed by atoms with Crippen molar-refractivity contribution in [2.24, 2.45) is 0 Å². The average Bonchev–Trinajstić information content (AvgIpc) is 2.31. The van der Waals surface area contributed by atoms with E-state index < -0.39 is 11.8 Å². The van der Waals surface area contributed by atoms with Gasteiger partial charge in [-0.05, 0) is 18.2 Å². The Balaban J connectivity index is 2.35. The molecule has 0 amide bonds. The normalized spacial score (nSPS) is 10.1. The summed E-state index contributed by atoms with van der Waals surface area (Å²) < 4.78 is 18.2. The molecule has 92 valence electrons. The van der Waals surface area contributed by atoms with Crippen LogP contribution in [0.25, 0.3) is 0 Å². The zero-order valence-electron chi connectivity index (χ0n) is 8.93. The minimum absolute atomic E-state index is 0.0813. The van der Waals surface area contributed by atoms with Crippen LogP contribution in [-0.2, 0) is 0 Å². The molecule has 0 spiro atoms. The molecule has 0 aliphatic rings. The number of pyridine rings is 1. The Kier molecular flexibility index (Phi) is 3.43. The van der Waals surface area contributed by atoms with Crippen molar-refractivity contribution in [1.29, 1.82) is 0 Å². The molecule has 2 aromatic rings. The summed E-state index contributed by atoms with van der Waals surface area (Å²) in [6, 6.07) is 6.62. The molecule has 1 heterocycles. The maximum atomic E-state index is 13.0. The summed E-state index contributed by atoms with van der Waals surface area (Å²) in [7, 11) is 0. The van der Waals surface area contributed by atoms with Crippen molar-refractivity contribution >= 4 is 17.6 Å². The van der Waals surface area contributed by atoms with Gasteiger partial charge < -0.3 is 9.84 Å². The lowest BCUT2D eigenvalue weighted by Gasteiger charge is -2.07. The fourth-order valence-corrected chi connectivity index (χ4v) is 1.53. The second-order valence-electron chi connectivity index (χ2n) is 3.34. The third-order valence-electron chi connectivity index (χ3n) is 2.10. The third kappa shape index (κ3) is 2.57. The fourth-order valence-electron chi connectivity index (χ4n) is 1.30. The maximum absolute atomic E-state index is 13.0. The van der Waals surface area contributed by atoms with Gasteiger partial charge in [0.2, 0.25) is 5.88 Å². The van der Waals surface area contributed by atoms with Gasteiger partial charge in [-0.25, -0.2) is 14.2 Å². The molecule has 0 aliphatic heterocycles. The van der Waals surface area contributed by atoms with E-state index in [1.807, 2.05) is 0 Å². The molecule has 4 nitrogen and oxygen atoms in total. The second kappa shape index (κ2) is 5.01. The first kappa shape index (κ1) is 12.3. The SMILES string of the molecule is O=C(O)c1ccnc(Oc2cccc(F)c2)c1Cl. The average molecular weight is 268 g/mol. The minimum Gasteiger partial charge on any atom is -0.478 e. The molecular formula is C12H7ClFNO3. The van der Waals surface area contributed by atoms with Crippen LogP contribution in [0.2, 0.25) is 5.02 Å². The van der Waals surface area contributed by atoms with Crippen molar-refractivity contribution in [2.45, 2.75) is 0 Å². The molecule has 0 unspecified atom stereocenters. The molecule has 2 rings (SSSR count). The van der Waals surface area contributed by atoms with Crippen LogP contribution in [0.15, 0.2) is 36.5 Å². The summed E-state index contributed by atoms with van der Waals surface area (Å²) in [5.74, 6) is -1.56. The van der Waals surface area contributed by atoms with Gasteiger partial charge in [-0.3, -0.25) is 0 Å². The van der Waals surface area contributed by atoms with Crippen LogP contribution in [0.3, 0.4) is 0 Å². The Bertz CT molecular complexity index is 604. The van der Waals surface area contributed by atoms with Crippen molar-refractivity contribution in [2.75, 3.05) is 0 Å². The van der Waals surface area contributed by atoms with Gasteiger partial charge in [-0.15, -0.1) is 0 Å². The van der Waals surface area contributed by atoms with E-state index in [4.69, 9.17) is 21.4 Å². The number of aromatic nitrogens is 1. The molecule has 1 aromatic carbocycles. The molecule has 0 fully saturated rings. The molecule has 0 bridgehead atoms. The quantitative estimate of drug-likeness (QED) is 0.926. The number of ether oxygens (including phenoxy) is 1. The van der Waals surface area contributed by atoms with Gasteiger partial charge in [-0.1, -0.05) is 17.7 Å². The van der Waals surface area contributed by atoms with Crippen LogP contribution < -0.4 is 4.74 Å². The molecular weight excluding hydrogens is 261 g/mol. The lowest BCUT2D eigenvalue weighted by molar-refractivity contribution is 0.0696. The first-order valence-electron chi connectivity index (χ1n) is 4.89. The van der Waals surface area contributed by atoms with Crippen molar-refractivity contribution in [3.8, 4) is 11.6 Å². The van der Waals surface area contributed by atoms with Gasteiger partial charge in [0.15, 0.2) is 0 Å². The van der Waals surface area contributed by atoms with Gasteiger partial charge in [0.1, 0.15) is 16.6 Å². The van der Waals surface area contributed by atoms with E-state index in [0.29, 0.717) is 0 Å². The van der Waals surface area contributed by atoms with Crippen molar-refractivity contribution < 1.29 is 19.0 Å². The topological polar surface area (TPSA) is 59.4 Å². The predicted octanol–water partition coefficient (Wildman–Crippen LogP) is 3.36. The van der Waals surface area contributed by atoms with Gasteiger partial charge in [0.25, 0.3) is 0 Å². The summed E-state index contributed by atoms with van der Waals surface area (Å²) in [5.41, 5.74) is -0.127. The minimum atomic E-state index is -1.19. The molecule has 6 heteroatoms. The first-order valence-corrected chi connectivity index (χ1v) is 5.27. The highest BCUT2D eigenvalue weighted by Crippen LogP contribution is 2.29. The summed E-state index contributed by atoms with van der Waals surface area (Å²) >= 11 is 5.83. The molecule has 0 aliphatic carbocycles. The lowest BCUT2D eigenvalue weighted by atomic mass is 10.2. The fraction of sp³-hybridized carbons (Fsp3) is 0. The number of carboxylic acids is 1. The number of carboxylic acid groups (broad SMARTS) is 1. The van der Waals surface area contributed by atoms with Gasteiger partial charge >= 0.3 is 5.97 Å². The molecule has 0 saturated heterocycles. The summed E-state index contributed by atoms with van der Waals surface area (Å²) in [5, 5.41) is 8.74. The highest BCUT2D eigenvalue weighted by Gasteiger charge is 2.14. The van der Waals surface area contributed by atoms with E-state index in [1.54, 1.807) is 0 Å². The van der Waals surface area contributed by atoms with Crippen LogP contribution in [0.5, 0.6) is 11.6 Å². The summed E-state index contributed by atoms with van der Waals surface area (Å²) in [4.78, 5) is 14.7. The van der Waals surface area contributed by atoms with Crippen LogP contribution >= 0.6 is 11.6 Å². The van der Waals surface area contributed by atoms with E-state index in [-0.39, 0.29) is 22.2 Å². The number of hydrogen-bond acceptors (Lipinski definition) is 3. The van der Waals surface area contributed by atoms with E-state index in [0.717, 1.165) is 6.07 Å². The molecule has 1 N–H and O–H groups in total. The van der Waals surface area contributed by atoms with Gasteiger partial charge in [0.05, 0.1) is 5.56 Å². The van der Waals surface area contributed by atoms with E-state index >= 15 is 0 Å². The third-order valence-corrected chi connectivity index (χ3v) is 2.46. The van der Waals surface area contributed by atoms with E-state index in [2.05, 4.69) is 4.98 Å².